The lowest BCUT2D eigenvalue weighted by Gasteiger charge is -2.15. The number of hydrogen-bond acceptors (Lipinski definition) is 7. The van der Waals surface area contributed by atoms with E-state index in [1.807, 2.05) is 0 Å². The highest BCUT2D eigenvalue weighted by Gasteiger charge is 2.34. The standard InChI is InChI=1S/C22H18F3N5O4S/c1-12-3-4-14(8-16(12)22(23,24)25)35(32,33)30-17-7-13(10-34-2)9-27-19(17)20(31)18-15-5-6-26-21(15)29-11-28-18/h3-9,11,30H,10H2,1-2H3,(H,26,28,29). The van der Waals surface area contributed by atoms with Crippen LogP contribution in [0.3, 0.4) is 0 Å². The monoisotopic (exact) mass is 505 g/mol. The van der Waals surface area contributed by atoms with Gasteiger partial charge in [-0.15, -0.1) is 0 Å². The molecule has 3 heterocycles. The highest BCUT2D eigenvalue weighted by molar-refractivity contribution is 7.92. The summed E-state index contributed by atoms with van der Waals surface area (Å²) >= 11 is 0. The average molecular weight is 505 g/mol. The predicted octanol–water partition coefficient (Wildman–Crippen LogP) is 3.86. The van der Waals surface area contributed by atoms with Gasteiger partial charge in [0.1, 0.15) is 23.4 Å². The molecule has 0 unspecified atom stereocenters. The number of methoxy groups -OCH3 is 1. The van der Waals surface area contributed by atoms with Gasteiger partial charge >= 0.3 is 6.18 Å². The van der Waals surface area contributed by atoms with Crippen molar-refractivity contribution in [2.24, 2.45) is 0 Å². The van der Waals surface area contributed by atoms with Crippen LogP contribution in [0.25, 0.3) is 11.0 Å². The Hall–Kier alpha value is -3.84. The molecule has 2 N–H and O–H groups in total. The minimum Gasteiger partial charge on any atom is -0.380 e. The normalized spacial score (nSPS) is 12.1. The Morgan fingerprint density at radius 2 is 1.89 bits per heavy atom. The first kappa shape index (κ1) is 24.3. The van der Waals surface area contributed by atoms with Crippen molar-refractivity contribution in [3.63, 3.8) is 0 Å². The molecule has 182 valence electrons. The van der Waals surface area contributed by atoms with Gasteiger partial charge in [-0.05, 0) is 42.3 Å². The lowest BCUT2D eigenvalue weighted by atomic mass is 10.1. The molecule has 0 atom stereocenters. The van der Waals surface area contributed by atoms with Gasteiger partial charge in [0.05, 0.1) is 22.8 Å². The first-order valence-corrected chi connectivity index (χ1v) is 11.5. The second-order valence-corrected chi connectivity index (χ2v) is 9.23. The average Bonchev–Trinajstić information content (AvgIpc) is 3.27. The molecule has 0 aliphatic heterocycles. The Kier molecular flexibility index (Phi) is 6.30. The Morgan fingerprint density at radius 1 is 1.11 bits per heavy atom. The van der Waals surface area contributed by atoms with E-state index in [0.29, 0.717) is 22.7 Å². The number of H-pyrrole nitrogens is 1. The molecule has 1 aromatic carbocycles. The molecule has 0 aliphatic carbocycles. The molecular formula is C22H18F3N5O4S. The number of ether oxygens (including phenoxy) is 1. The predicted molar refractivity (Wildman–Crippen MR) is 119 cm³/mol. The maximum absolute atomic E-state index is 13.3. The number of carbonyl (C=O) groups is 1. The SMILES string of the molecule is COCc1cnc(C(=O)c2ncnc3[nH]ccc23)c(NS(=O)(=O)c2ccc(C)c(C(F)(F)F)c2)c1. The van der Waals surface area contributed by atoms with Crippen LogP contribution in [-0.2, 0) is 27.5 Å². The van der Waals surface area contributed by atoms with Crippen LogP contribution in [-0.4, -0.2) is 41.2 Å². The lowest BCUT2D eigenvalue weighted by molar-refractivity contribution is -0.138. The second-order valence-electron chi connectivity index (χ2n) is 7.54. The molecule has 4 aromatic rings. The minimum atomic E-state index is -4.74. The molecule has 3 aromatic heterocycles. The number of ketones is 1. The Morgan fingerprint density at radius 3 is 2.60 bits per heavy atom. The van der Waals surface area contributed by atoms with Crippen LogP contribution in [0.1, 0.15) is 32.9 Å². The maximum atomic E-state index is 13.3. The molecule has 35 heavy (non-hydrogen) atoms. The fraction of sp³-hybridized carbons (Fsp3) is 0.182. The van der Waals surface area contributed by atoms with E-state index in [1.165, 1.54) is 32.6 Å². The van der Waals surface area contributed by atoms with Crippen molar-refractivity contribution in [1.29, 1.82) is 0 Å². The Balaban J connectivity index is 1.80. The van der Waals surface area contributed by atoms with E-state index in [9.17, 15) is 26.4 Å². The summed E-state index contributed by atoms with van der Waals surface area (Å²) in [6.45, 7) is 1.28. The van der Waals surface area contributed by atoms with Crippen molar-refractivity contribution in [2.45, 2.75) is 24.6 Å². The van der Waals surface area contributed by atoms with E-state index in [4.69, 9.17) is 4.74 Å². The number of aromatic nitrogens is 4. The number of halogens is 3. The van der Waals surface area contributed by atoms with Crippen molar-refractivity contribution < 1.29 is 31.1 Å². The maximum Gasteiger partial charge on any atom is 0.416 e. The minimum absolute atomic E-state index is 0.0293. The topological polar surface area (TPSA) is 127 Å². The summed E-state index contributed by atoms with van der Waals surface area (Å²) < 4.78 is 73.4. The number of sulfonamides is 1. The zero-order valence-corrected chi connectivity index (χ0v) is 19.2. The van der Waals surface area contributed by atoms with E-state index in [-0.39, 0.29) is 29.2 Å². The van der Waals surface area contributed by atoms with Crippen LogP contribution in [0.2, 0.25) is 0 Å². The lowest BCUT2D eigenvalue weighted by Crippen LogP contribution is -2.19. The molecule has 0 amide bonds. The van der Waals surface area contributed by atoms with Gasteiger partial charge in [0, 0.05) is 24.9 Å². The van der Waals surface area contributed by atoms with Crippen LogP contribution in [0.5, 0.6) is 0 Å². The number of aromatic amines is 1. The van der Waals surface area contributed by atoms with Crippen LogP contribution in [0.4, 0.5) is 18.9 Å². The first-order chi connectivity index (χ1) is 16.5. The number of pyridine rings is 1. The second kappa shape index (κ2) is 9.07. The van der Waals surface area contributed by atoms with Crippen LogP contribution < -0.4 is 4.72 Å². The number of benzene rings is 1. The third kappa shape index (κ3) is 4.86. The van der Waals surface area contributed by atoms with Crippen molar-refractivity contribution in [2.75, 3.05) is 11.8 Å². The number of hydrogen-bond donors (Lipinski definition) is 2. The summed E-state index contributed by atoms with van der Waals surface area (Å²) in [6.07, 6.45) is -0.687. The Labute approximate surface area is 197 Å². The zero-order chi connectivity index (χ0) is 25.4. The van der Waals surface area contributed by atoms with Gasteiger partial charge in [-0.2, -0.15) is 13.2 Å². The van der Waals surface area contributed by atoms with Crippen LogP contribution >= 0.6 is 0 Å². The summed E-state index contributed by atoms with van der Waals surface area (Å²) in [7, 11) is -3.12. The molecule has 0 spiro atoms. The molecule has 0 radical (unpaired) electrons. The largest absolute Gasteiger partial charge is 0.416 e. The molecule has 0 saturated heterocycles. The number of nitrogens with one attached hydrogen (secondary N) is 2. The van der Waals surface area contributed by atoms with E-state index in [1.54, 1.807) is 12.3 Å². The molecule has 9 nitrogen and oxygen atoms in total. The molecule has 0 fully saturated rings. The van der Waals surface area contributed by atoms with Crippen LogP contribution in [0.15, 0.2) is 53.9 Å². The third-order valence-corrected chi connectivity index (χ3v) is 6.47. The number of anilines is 1. The van der Waals surface area contributed by atoms with Gasteiger partial charge in [0.25, 0.3) is 10.0 Å². The molecule has 0 bridgehead atoms. The molecular weight excluding hydrogens is 487 g/mol. The van der Waals surface area contributed by atoms with Gasteiger partial charge in [-0.1, -0.05) is 6.07 Å². The number of alkyl halides is 3. The first-order valence-electron chi connectivity index (χ1n) is 10.0. The van der Waals surface area contributed by atoms with E-state index >= 15 is 0 Å². The summed E-state index contributed by atoms with van der Waals surface area (Å²) in [5.41, 5.74) is -0.955. The van der Waals surface area contributed by atoms with Gasteiger partial charge < -0.3 is 9.72 Å². The number of nitrogens with zero attached hydrogens (tertiary/aromatic N) is 3. The van der Waals surface area contributed by atoms with Gasteiger partial charge in [0.2, 0.25) is 5.78 Å². The number of aryl methyl sites for hydroxylation is 1. The van der Waals surface area contributed by atoms with Gasteiger partial charge in [-0.25, -0.2) is 18.4 Å². The highest BCUT2D eigenvalue weighted by Crippen LogP contribution is 2.34. The number of carbonyl (C=O) groups excluding carboxylic acids is 1. The molecule has 4 rings (SSSR count). The summed E-state index contributed by atoms with van der Waals surface area (Å²) in [5, 5.41) is 0.391. The fourth-order valence-corrected chi connectivity index (χ4v) is 4.54. The summed E-state index contributed by atoms with van der Waals surface area (Å²) in [6, 6.07) is 5.56. The van der Waals surface area contributed by atoms with Crippen molar-refractivity contribution in [1.82, 2.24) is 19.9 Å². The fourth-order valence-electron chi connectivity index (χ4n) is 3.46. The van der Waals surface area contributed by atoms with Gasteiger partial charge in [-0.3, -0.25) is 14.5 Å². The van der Waals surface area contributed by atoms with E-state index in [2.05, 4.69) is 24.7 Å². The smallest absolute Gasteiger partial charge is 0.380 e. The Bertz CT molecular complexity index is 1530. The molecule has 0 aliphatic rings. The van der Waals surface area contributed by atoms with E-state index < -0.39 is 32.4 Å². The van der Waals surface area contributed by atoms with Gasteiger partial charge in [0.15, 0.2) is 0 Å². The number of fused-ring (bicyclic) bond motifs is 1. The van der Waals surface area contributed by atoms with Crippen LogP contribution in [0, 0.1) is 6.92 Å². The van der Waals surface area contributed by atoms with E-state index in [0.717, 1.165) is 12.1 Å². The number of rotatable bonds is 7. The zero-order valence-electron chi connectivity index (χ0n) is 18.3. The quantitative estimate of drug-likeness (QED) is 0.365. The van der Waals surface area contributed by atoms with Crippen molar-refractivity contribution in [3.8, 4) is 0 Å². The molecule has 0 saturated carbocycles. The summed E-state index contributed by atoms with van der Waals surface area (Å²) in [5.74, 6) is -0.710. The highest BCUT2D eigenvalue weighted by atomic mass is 32.2. The summed E-state index contributed by atoms with van der Waals surface area (Å²) in [4.78, 5) is 27.7. The van der Waals surface area contributed by atoms with Crippen molar-refractivity contribution >= 4 is 32.5 Å². The van der Waals surface area contributed by atoms with Crippen molar-refractivity contribution in [3.05, 3.63) is 77.1 Å². The molecule has 13 heteroatoms. The third-order valence-electron chi connectivity index (χ3n) is 5.11.